The summed E-state index contributed by atoms with van der Waals surface area (Å²) in [6, 6.07) is 21.4. The van der Waals surface area contributed by atoms with Gasteiger partial charge in [0, 0.05) is 5.69 Å². The number of hydrogen-bond donors (Lipinski definition) is 1. The summed E-state index contributed by atoms with van der Waals surface area (Å²) in [6.45, 7) is 0. The van der Waals surface area contributed by atoms with Crippen molar-refractivity contribution in [2.24, 2.45) is 5.92 Å². The van der Waals surface area contributed by atoms with Gasteiger partial charge in [-0.2, -0.15) is 5.26 Å². The topological polar surface area (TPSA) is 35.8 Å². The van der Waals surface area contributed by atoms with Crippen LogP contribution in [0.3, 0.4) is 0 Å². The Bertz CT molecular complexity index is 592. The molecule has 1 saturated carbocycles. The molecule has 1 unspecified atom stereocenters. The lowest BCUT2D eigenvalue weighted by Crippen LogP contribution is -2.12. The van der Waals surface area contributed by atoms with E-state index in [1.807, 2.05) is 12.1 Å². The molecule has 0 aromatic heterocycles. The predicted molar refractivity (Wildman–Crippen MR) is 81.3 cm³/mol. The molecule has 20 heavy (non-hydrogen) atoms. The maximum absolute atomic E-state index is 8.70. The maximum Gasteiger partial charge on any atom is 0.0669 e. The predicted octanol–water partition coefficient (Wildman–Crippen LogP) is 4.32. The molecule has 1 N–H and O–H groups in total. The maximum atomic E-state index is 8.70. The fraction of sp³-hybridized carbons (Fsp3) is 0.278. The molecule has 2 aromatic carbocycles. The smallest absolute Gasteiger partial charge is 0.0669 e. The minimum absolute atomic E-state index is 0.401. The number of anilines is 1. The third-order valence-electron chi connectivity index (χ3n) is 3.81. The van der Waals surface area contributed by atoms with Gasteiger partial charge in [-0.25, -0.2) is 0 Å². The molecule has 1 atom stereocenters. The molecular formula is C18H18N2. The number of nitrogens with one attached hydrogen (secondary N) is 1. The second-order valence-electron chi connectivity index (χ2n) is 5.40. The van der Waals surface area contributed by atoms with Crippen LogP contribution in [0, 0.1) is 17.2 Å². The Morgan fingerprint density at radius 1 is 1.05 bits per heavy atom. The zero-order valence-corrected chi connectivity index (χ0v) is 11.4. The van der Waals surface area contributed by atoms with Crippen molar-refractivity contribution in [2.75, 3.05) is 5.32 Å². The van der Waals surface area contributed by atoms with Crippen LogP contribution in [-0.4, -0.2) is 0 Å². The summed E-state index contributed by atoms with van der Waals surface area (Å²) < 4.78 is 0. The SMILES string of the molecule is N#CCc1ccc(NC(c2ccccc2)C2CC2)cc1. The summed E-state index contributed by atoms with van der Waals surface area (Å²) in [5, 5.41) is 12.3. The number of rotatable bonds is 5. The van der Waals surface area contributed by atoms with Crippen LogP contribution in [0.2, 0.25) is 0 Å². The molecule has 100 valence electrons. The van der Waals surface area contributed by atoms with E-state index >= 15 is 0 Å². The Morgan fingerprint density at radius 3 is 2.35 bits per heavy atom. The molecule has 1 fully saturated rings. The molecule has 0 radical (unpaired) electrons. The molecule has 1 aliphatic rings. The van der Waals surface area contributed by atoms with Gasteiger partial charge < -0.3 is 5.32 Å². The van der Waals surface area contributed by atoms with E-state index in [1.54, 1.807) is 0 Å². The Hall–Kier alpha value is -2.27. The van der Waals surface area contributed by atoms with E-state index in [4.69, 9.17) is 5.26 Å². The van der Waals surface area contributed by atoms with Crippen LogP contribution >= 0.6 is 0 Å². The number of benzene rings is 2. The lowest BCUT2D eigenvalue weighted by Gasteiger charge is -2.20. The largest absolute Gasteiger partial charge is 0.378 e. The molecule has 0 bridgehead atoms. The fourth-order valence-electron chi connectivity index (χ4n) is 2.55. The lowest BCUT2D eigenvalue weighted by atomic mass is 10.0. The van der Waals surface area contributed by atoms with E-state index < -0.39 is 0 Å². The first-order valence-electron chi connectivity index (χ1n) is 7.14. The summed E-state index contributed by atoms with van der Waals surface area (Å²) in [4.78, 5) is 0. The quantitative estimate of drug-likeness (QED) is 0.871. The van der Waals surface area contributed by atoms with Gasteiger partial charge in [-0.1, -0.05) is 42.5 Å². The third-order valence-corrected chi connectivity index (χ3v) is 3.81. The molecule has 1 aliphatic carbocycles. The highest BCUT2D eigenvalue weighted by Crippen LogP contribution is 2.42. The van der Waals surface area contributed by atoms with Gasteiger partial charge in [0.2, 0.25) is 0 Å². The highest BCUT2D eigenvalue weighted by molar-refractivity contribution is 5.47. The second kappa shape index (κ2) is 5.79. The molecule has 2 nitrogen and oxygen atoms in total. The summed E-state index contributed by atoms with van der Waals surface area (Å²) in [6.07, 6.45) is 3.09. The Labute approximate surface area is 120 Å². The summed E-state index contributed by atoms with van der Waals surface area (Å²) in [5.74, 6) is 0.746. The molecule has 0 heterocycles. The first kappa shape index (κ1) is 12.7. The first-order valence-corrected chi connectivity index (χ1v) is 7.14. The van der Waals surface area contributed by atoms with Gasteiger partial charge in [-0.05, 0) is 42.0 Å². The van der Waals surface area contributed by atoms with Crippen molar-refractivity contribution in [2.45, 2.75) is 25.3 Å². The van der Waals surface area contributed by atoms with Gasteiger partial charge in [0.15, 0.2) is 0 Å². The van der Waals surface area contributed by atoms with Gasteiger partial charge in [-0.3, -0.25) is 0 Å². The van der Waals surface area contributed by atoms with Crippen molar-refractivity contribution < 1.29 is 0 Å². The van der Waals surface area contributed by atoms with Crippen molar-refractivity contribution in [1.82, 2.24) is 0 Å². The summed E-state index contributed by atoms with van der Waals surface area (Å²) in [7, 11) is 0. The zero-order chi connectivity index (χ0) is 13.8. The van der Waals surface area contributed by atoms with Crippen molar-refractivity contribution in [3.63, 3.8) is 0 Å². The van der Waals surface area contributed by atoms with Crippen LogP contribution in [0.15, 0.2) is 54.6 Å². The lowest BCUT2D eigenvalue weighted by molar-refractivity contribution is 0.679. The Morgan fingerprint density at radius 2 is 1.75 bits per heavy atom. The van der Waals surface area contributed by atoms with E-state index in [-0.39, 0.29) is 0 Å². The van der Waals surface area contributed by atoms with Crippen LogP contribution in [-0.2, 0) is 6.42 Å². The van der Waals surface area contributed by atoms with Gasteiger partial charge in [0.25, 0.3) is 0 Å². The molecule has 3 rings (SSSR count). The number of nitriles is 1. The molecule has 2 heteroatoms. The van der Waals surface area contributed by atoms with E-state index in [2.05, 4.69) is 53.9 Å². The van der Waals surface area contributed by atoms with Gasteiger partial charge in [0.1, 0.15) is 0 Å². The molecule has 2 aromatic rings. The van der Waals surface area contributed by atoms with Crippen LogP contribution in [0.25, 0.3) is 0 Å². The standard InChI is InChI=1S/C18H18N2/c19-13-12-14-6-10-17(11-7-14)20-18(16-8-9-16)15-4-2-1-3-5-15/h1-7,10-11,16,18,20H,8-9,12H2. The van der Waals surface area contributed by atoms with Crippen LogP contribution in [0.5, 0.6) is 0 Å². The average Bonchev–Trinajstić information content (AvgIpc) is 3.32. The number of hydrogen-bond acceptors (Lipinski definition) is 2. The van der Waals surface area contributed by atoms with Crippen molar-refractivity contribution in [3.8, 4) is 6.07 Å². The minimum Gasteiger partial charge on any atom is -0.378 e. The Balaban J connectivity index is 1.75. The Kier molecular flexibility index (Phi) is 3.69. The van der Waals surface area contributed by atoms with Crippen molar-refractivity contribution in [3.05, 3.63) is 65.7 Å². The average molecular weight is 262 g/mol. The van der Waals surface area contributed by atoms with Crippen LogP contribution in [0.1, 0.15) is 30.0 Å². The van der Waals surface area contributed by atoms with E-state index in [1.165, 1.54) is 18.4 Å². The second-order valence-corrected chi connectivity index (χ2v) is 5.40. The molecule has 0 saturated heterocycles. The summed E-state index contributed by atoms with van der Waals surface area (Å²) in [5.41, 5.74) is 3.56. The van der Waals surface area contributed by atoms with Gasteiger partial charge in [0.05, 0.1) is 18.5 Å². The molecule has 0 spiro atoms. The molecule has 0 amide bonds. The first-order chi connectivity index (χ1) is 9.86. The van der Waals surface area contributed by atoms with E-state index in [0.717, 1.165) is 17.2 Å². The van der Waals surface area contributed by atoms with Gasteiger partial charge >= 0.3 is 0 Å². The summed E-state index contributed by atoms with van der Waals surface area (Å²) >= 11 is 0. The monoisotopic (exact) mass is 262 g/mol. The van der Waals surface area contributed by atoms with Gasteiger partial charge in [-0.15, -0.1) is 0 Å². The minimum atomic E-state index is 0.401. The third kappa shape index (κ3) is 3.00. The van der Waals surface area contributed by atoms with Crippen molar-refractivity contribution in [1.29, 1.82) is 5.26 Å². The van der Waals surface area contributed by atoms with E-state index in [0.29, 0.717) is 12.5 Å². The zero-order valence-electron chi connectivity index (χ0n) is 11.4. The van der Waals surface area contributed by atoms with E-state index in [9.17, 15) is 0 Å². The highest BCUT2D eigenvalue weighted by Gasteiger charge is 2.32. The fourth-order valence-corrected chi connectivity index (χ4v) is 2.55. The molecular weight excluding hydrogens is 244 g/mol. The molecule has 0 aliphatic heterocycles. The van der Waals surface area contributed by atoms with Crippen molar-refractivity contribution >= 4 is 5.69 Å². The van der Waals surface area contributed by atoms with Crippen LogP contribution < -0.4 is 5.32 Å². The normalized spacial score (nSPS) is 15.3. The highest BCUT2D eigenvalue weighted by atomic mass is 14.9. The van der Waals surface area contributed by atoms with Crippen LogP contribution in [0.4, 0.5) is 5.69 Å². The number of nitrogens with zero attached hydrogens (tertiary/aromatic N) is 1.